The summed E-state index contributed by atoms with van der Waals surface area (Å²) in [6.07, 6.45) is 0.395. The molecular formula is C14H19ClN2O2. The lowest BCUT2D eigenvalue weighted by Crippen LogP contribution is -2.46. The molecule has 1 heterocycles. The number of rotatable bonds is 4. The molecule has 1 amide bonds. The van der Waals surface area contributed by atoms with Crippen molar-refractivity contribution in [3.05, 3.63) is 28.8 Å². The van der Waals surface area contributed by atoms with Crippen LogP contribution in [0.2, 0.25) is 5.02 Å². The first kappa shape index (κ1) is 14.2. The van der Waals surface area contributed by atoms with E-state index in [1.807, 2.05) is 30.0 Å². The summed E-state index contributed by atoms with van der Waals surface area (Å²) in [5.74, 6) is 0.823. The highest BCUT2D eigenvalue weighted by Crippen LogP contribution is 2.25. The second kappa shape index (κ2) is 6.78. The maximum Gasteiger partial charge on any atom is 0.227 e. The van der Waals surface area contributed by atoms with Crippen LogP contribution in [0.4, 0.5) is 0 Å². The molecule has 1 fully saturated rings. The number of nitrogens with one attached hydrogen (secondary N) is 1. The van der Waals surface area contributed by atoms with Crippen LogP contribution >= 0.6 is 11.6 Å². The average molecular weight is 283 g/mol. The molecule has 1 aliphatic heterocycles. The number of hydrogen-bond donors (Lipinski definition) is 1. The summed E-state index contributed by atoms with van der Waals surface area (Å²) >= 11 is 6.12. The Labute approximate surface area is 118 Å². The molecule has 1 aliphatic rings. The summed E-state index contributed by atoms with van der Waals surface area (Å²) in [5.41, 5.74) is 0.928. The molecule has 0 spiro atoms. The Morgan fingerprint density at radius 2 is 2.16 bits per heavy atom. The number of halogens is 1. The number of amides is 1. The number of piperazine rings is 1. The minimum absolute atomic E-state index is 0.154. The molecule has 0 aromatic heterocycles. The topological polar surface area (TPSA) is 41.6 Å². The van der Waals surface area contributed by atoms with Gasteiger partial charge in [0.2, 0.25) is 5.91 Å². The van der Waals surface area contributed by atoms with Gasteiger partial charge in [0.05, 0.1) is 18.1 Å². The molecule has 1 aromatic rings. The zero-order valence-corrected chi connectivity index (χ0v) is 11.9. The highest BCUT2D eigenvalue weighted by atomic mass is 35.5. The van der Waals surface area contributed by atoms with Crippen molar-refractivity contribution in [2.24, 2.45) is 0 Å². The van der Waals surface area contributed by atoms with E-state index in [0.717, 1.165) is 31.7 Å². The quantitative estimate of drug-likeness (QED) is 0.914. The van der Waals surface area contributed by atoms with Crippen LogP contribution in [0.15, 0.2) is 18.2 Å². The lowest BCUT2D eigenvalue weighted by Gasteiger charge is -2.27. The largest absolute Gasteiger partial charge is 0.492 e. The third kappa shape index (κ3) is 3.85. The summed E-state index contributed by atoms with van der Waals surface area (Å²) in [4.78, 5) is 14.0. The van der Waals surface area contributed by atoms with Crippen LogP contribution in [0.3, 0.4) is 0 Å². The van der Waals surface area contributed by atoms with Gasteiger partial charge in [0.1, 0.15) is 5.75 Å². The predicted octanol–water partition coefficient (Wildman–Crippen LogP) is 1.71. The van der Waals surface area contributed by atoms with Gasteiger partial charge < -0.3 is 15.0 Å². The Morgan fingerprint density at radius 1 is 1.42 bits per heavy atom. The minimum atomic E-state index is 0.154. The predicted molar refractivity (Wildman–Crippen MR) is 75.8 cm³/mol. The molecule has 4 nitrogen and oxygen atoms in total. The van der Waals surface area contributed by atoms with Crippen molar-refractivity contribution in [2.75, 3.05) is 32.8 Å². The summed E-state index contributed by atoms with van der Waals surface area (Å²) in [6.45, 7) is 5.80. The number of hydrogen-bond acceptors (Lipinski definition) is 3. The van der Waals surface area contributed by atoms with Gasteiger partial charge in [-0.2, -0.15) is 0 Å². The summed E-state index contributed by atoms with van der Waals surface area (Å²) < 4.78 is 5.38. The van der Waals surface area contributed by atoms with E-state index in [0.29, 0.717) is 23.8 Å². The Kier molecular flexibility index (Phi) is 5.05. The van der Waals surface area contributed by atoms with Crippen LogP contribution in [0.25, 0.3) is 0 Å². The van der Waals surface area contributed by atoms with Crippen LogP contribution in [-0.2, 0) is 11.2 Å². The summed E-state index contributed by atoms with van der Waals surface area (Å²) in [5, 5.41) is 3.80. The molecule has 2 rings (SSSR count). The van der Waals surface area contributed by atoms with Crippen LogP contribution < -0.4 is 10.1 Å². The van der Waals surface area contributed by atoms with Crippen LogP contribution in [0, 0.1) is 0 Å². The summed E-state index contributed by atoms with van der Waals surface area (Å²) in [7, 11) is 0. The molecule has 19 heavy (non-hydrogen) atoms. The fraction of sp³-hybridized carbons (Fsp3) is 0.500. The monoisotopic (exact) mass is 282 g/mol. The minimum Gasteiger partial charge on any atom is -0.492 e. The zero-order valence-electron chi connectivity index (χ0n) is 11.1. The fourth-order valence-electron chi connectivity index (χ4n) is 2.13. The third-order valence-electron chi connectivity index (χ3n) is 3.12. The van der Waals surface area contributed by atoms with Crippen molar-refractivity contribution >= 4 is 17.5 Å². The molecule has 0 atom stereocenters. The first-order valence-electron chi connectivity index (χ1n) is 6.60. The standard InChI is InChI=1S/C14H19ClN2O2/c1-2-19-13-4-3-11(9-12(13)15)10-14(18)17-7-5-16-6-8-17/h3-4,9,16H,2,5-8,10H2,1H3. The van der Waals surface area contributed by atoms with E-state index in [4.69, 9.17) is 16.3 Å². The second-order valence-corrected chi connectivity index (χ2v) is 4.91. The van der Waals surface area contributed by atoms with Gasteiger partial charge in [0, 0.05) is 26.2 Å². The van der Waals surface area contributed by atoms with Crippen molar-refractivity contribution in [2.45, 2.75) is 13.3 Å². The first-order valence-corrected chi connectivity index (χ1v) is 6.98. The maximum atomic E-state index is 12.1. The molecule has 1 saturated heterocycles. The number of carbonyl (C=O) groups excluding carboxylic acids is 1. The van der Waals surface area contributed by atoms with Crippen molar-refractivity contribution in [3.63, 3.8) is 0 Å². The Bertz CT molecular complexity index is 445. The molecule has 1 N–H and O–H groups in total. The van der Waals surface area contributed by atoms with E-state index >= 15 is 0 Å². The van der Waals surface area contributed by atoms with E-state index in [9.17, 15) is 4.79 Å². The molecule has 104 valence electrons. The van der Waals surface area contributed by atoms with Crippen molar-refractivity contribution in [1.82, 2.24) is 10.2 Å². The number of ether oxygens (including phenoxy) is 1. The first-order chi connectivity index (χ1) is 9.20. The molecule has 0 saturated carbocycles. The Hall–Kier alpha value is -1.26. The molecular weight excluding hydrogens is 264 g/mol. The Morgan fingerprint density at radius 3 is 2.79 bits per heavy atom. The van der Waals surface area contributed by atoms with Crippen molar-refractivity contribution in [3.8, 4) is 5.75 Å². The lowest BCUT2D eigenvalue weighted by atomic mass is 10.1. The van der Waals surface area contributed by atoms with Crippen molar-refractivity contribution < 1.29 is 9.53 Å². The highest BCUT2D eigenvalue weighted by molar-refractivity contribution is 6.32. The second-order valence-electron chi connectivity index (χ2n) is 4.51. The zero-order chi connectivity index (χ0) is 13.7. The van der Waals surface area contributed by atoms with E-state index in [1.54, 1.807) is 0 Å². The fourth-order valence-corrected chi connectivity index (χ4v) is 2.39. The van der Waals surface area contributed by atoms with Crippen molar-refractivity contribution in [1.29, 1.82) is 0 Å². The molecule has 1 aromatic carbocycles. The van der Waals surface area contributed by atoms with Gasteiger partial charge in [-0.05, 0) is 24.6 Å². The van der Waals surface area contributed by atoms with E-state index in [-0.39, 0.29) is 5.91 Å². The van der Waals surface area contributed by atoms with Crippen LogP contribution in [-0.4, -0.2) is 43.6 Å². The van der Waals surface area contributed by atoms with Gasteiger partial charge in [-0.15, -0.1) is 0 Å². The Balaban J connectivity index is 1.98. The normalized spacial score (nSPS) is 15.4. The maximum absolute atomic E-state index is 12.1. The van der Waals surface area contributed by atoms with Gasteiger partial charge in [-0.25, -0.2) is 0 Å². The average Bonchev–Trinajstić information content (AvgIpc) is 2.43. The molecule has 0 radical (unpaired) electrons. The van der Waals surface area contributed by atoms with E-state index in [1.165, 1.54) is 0 Å². The summed E-state index contributed by atoms with van der Waals surface area (Å²) in [6, 6.07) is 5.54. The molecule has 0 aliphatic carbocycles. The number of benzene rings is 1. The van der Waals surface area contributed by atoms with Gasteiger partial charge in [0.15, 0.2) is 0 Å². The molecule has 5 heteroatoms. The highest BCUT2D eigenvalue weighted by Gasteiger charge is 2.16. The molecule has 0 bridgehead atoms. The number of nitrogens with zero attached hydrogens (tertiary/aromatic N) is 1. The van der Waals surface area contributed by atoms with Crippen LogP contribution in [0.1, 0.15) is 12.5 Å². The van der Waals surface area contributed by atoms with Crippen LogP contribution in [0.5, 0.6) is 5.75 Å². The van der Waals surface area contributed by atoms with E-state index < -0.39 is 0 Å². The van der Waals surface area contributed by atoms with Gasteiger partial charge in [-0.3, -0.25) is 4.79 Å². The molecule has 0 unspecified atom stereocenters. The SMILES string of the molecule is CCOc1ccc(CC(=O)N2CCNCC2)cc1Cl. The number of carbonyl (C=O) groups is 1. The van der Waals surface area contributed by atoms with Gasteiger partial charge in [-0.1, -0.05) is 17.7 Å². The lowest BCUT2D eigenvalue weighted by molar-refractivity contribution is -0.131. The van der Waals surface area contributed by atoms with Gasteiger partial charge in [0.25, 0.3) is 0 Å². The smallest absolute Gasteiger partial charge is 0.227 e. The van der Waals surface area contributed by atoms with Gasteiger partial charge >= 0.3 is 0 Å². The third-order valence-corrected chi connectivity index (χ3v) is 3.42. The van der Waals surface area contributed by atoms with E-state index in [2.05, 4.69) is 5.32 Å².